The van der Waals surface area contributed by atoms with E-state index in [1.807, 2.05) is 24.3 Å². The molecule has 0 aromatic heterocycles. The van der Waals surface area contributed by atoms with E-state index in [9.17, 15) is 0 Å². The van der Waals surface area contributed by atoms with Gasteiger partial charge in [0.2, 0.25) is 0 Å². The molecule has 3 aromatic rings. The fraction of sp³-hybridized carbons (Fsp3) is 0.280. The van der Waals surface area contributed by atoms with Gasteiger partial charge in [-0.2, -0.15) is 0 Å². The molecule has 1 heterocycles. The van der Waals surface area contributed by atoms with Gasteiger partial charge in [-0.15, -0.1) is 0 Å². The summed E-state index contributed by atoms with van der Waals surface area (Å²) in [5.74, 6) is 2.29. The van der Waals surface area contributed by atoms with E-state index in [-0.39, 0.29) is 0 Å². The fourth-order valence-corrected chi connectivity index (χ4v) is 4.66. The molecule has 0 radical (unpaired) electrons. The lowest BCUT2D eigenvalue weighted by Crippen LogP contribution is -2.34. The summed E-state index contributed by atoms with van der Waals surface area (Å²) in [7, 11) is 3.45. The minimum Gasteiger partial charge on any atom is -0.497 e. The number of rotatable bonds is 6. The molecule has 0 aliphatic carbocycles. The Kier molecular flexibility index (Phi) is 6.22. The third-order valence-electron chi connectivity index (χ3n) is 5.64. The van der Waals surface area contributed by atoms with Crippen LogP contribution in [0.4, 0.5) is 0 Å². The summed E-state index contributed by atoms with van der Waals surface area (Å²) in [6.07, 6.45) is 0.957. The molecule has 3 aromatic carbocycles. The highest BCUT2D eigenvalue weighted by Crippen LogP contribution is 2.35. The lowest BCUT2D eigenvalue weighted by Gasteiger charge is -2.35. The summed E-state index contributed by atoms with van der Waals surface area (Å²) in [5.41, 5.74) is 5.43. The number of ether oxygens (including phenoxy) is 2. The minimum atomic E-state index is 0.432. The van der Waals surface area contributed by atoms with Gasteiger partial charge in [-0.3, -0.25) is 4.90 Å². The van der Waals surface area contributed by atoms with Crippen LogP contribution in [0.5, 0.6) is 11.5 Å². The standard InChI is InChI=1S/C25H26BrNO2/c1-28-23-10-7-18(8-11-23)15-27-16-19-5-3-4-6-24(19)21(17-27)13-20-14-22(26)9-12-25(20)29-2/h3-12,14,21H,13,15-17H2,1-2H3. The number of benzene rings is 3. The van der Waals surface area contributed by atoms with E-state index in [0.717, 1.165) is 42.0 Å². The molecule has 0 bridgehead atoms. The van der Waals surface area contributed by atoms with Gasteiger partial charge in [0.15, 0.2) is 0 Å². The predicted molar refractivity (Wildman–Crippen MR) is 121 cm³/mol. The Morgan fingerprint density at radius 1 is 0.966 bits per heavy atom. The first-order chi connectivity index (χ1) is 14.2. The van der Waals surface area contributed by atoms with Crippen molar-refractivity contribution >= 4 is 15.9 Å². The second kappa shape index (κ2) is 9.02. The molecule has 1 aliphatic heterocycles. The van der Waals surface area contributed by atoms with Gasteiger partial charge in [0.1, 0.15) is 11.5 Å². The van der Waals surface area contributed by atoms with E-state index < -0.39 is 0 Å². The molecule has 0 fully saturated rings. The monoisotopic (exact) mass is 451 g/mol. The number of hydrogen-bond donors (Lipinski definition) is 0. The van der Waals surface area contributed by atoms with Gasteiger partial charge in [0, 0.05) is 30.0 Å². The fourth-order valence-electron chi connectivity index (χ4n) is 4.25. The number of halogens is 1. The van der Waals surface area contributed by atoms with Gasteiger partial charge >= 0.3 is 0 Å². The first-order valence-corrected chi connectivity index (χ1v) is 10.7. The number of nitrogens with zero attached hydrogens (tertiary/aromatic N) is 1. The minimum absolute atomic E-state index is 0.432. The lowest BCUT2D eigenvalue weighted by molar-refractivity contribution is 0.220. The van der Waals surface area contributed by atoms with Crippen LogP contribution in [0.15, 0.2) is 71.2 Å². The molecular formula is C25H26BrNO2. The largest absolute Gasteiger partial charge is 0.497 e. The average Bonchev–Trinajstić information content (AvgIpc) is 2.74. The first-order valence-electron chi connectivity index (χ1n) is 9.91. The van der Waals surface area contributed by atoms with Gasteiger partial charge in [-0.05, 0) is 59.0 Å². The maximum absolute atomic E-state index is 5.63. The van der Waals surface area contributed by atoms with E-state index in [4.69, 9.17) is 9.47 Å². The Morgan fingerprint density at radius 2 is 1.76 bits per heavy atom. The van der Waals surface area contributed by atoms with Gasteiger partial charge in [0.25, 0.3) is 0 Å². The van der Waals surface area contributed by atoms with Crippen LogP contribution in [0.25, 0.3) is 0 Å². The molecule has 0 saturated carbocycles. The normalized spacial score (nSPS) is 16.3. The highest BCUT2D eigenvalue weighted by molar-refractivity contribution is 9.10. The van der Waals surface area contributed by atoms with Crippen molar-refractivity contribution < 1.29 is 9.47 Å². The SMILES string of the molecule is COc1ccc(CN2Cc3ccccc3C(Cc3cc(Br)ccc3OC)C2)cc1. The highest BCUT2D eigenvalue weighted by Gasteiger charge is 2.26. The highest BCUT2D eigenvalue weighted by atomic mass is 79.9. The third-order valence-corrected chi connectivity index (χ3v) is 6.13. The van der Waals surface area contributed by atoms with Crippen molar-refractivity contribution in [1.29, 1.82) is 0 Å². The molecule has 4 heteroatoms. The van der Waals surface area contributed by atoms with Crippen molar-refractivity contribution in [3.8, 4) is 11.5 Å². The zero-order chi connectivity index (χ0) is 20.2. The summed E-state index contributed by atoms with van der Waals surface area (Å²) in [6, 6.07) is 23.5. The Labute approximate surface area is 181 Å². The molecule has 0 spiro atoms. The third kappa shape index (κ3) is 4.65. The Bertz CT molecular complexity index is 971. The zero-order valence-electron chi connectivity index (χ0n) is 16.9. The van der Waals surface area contributed by atoms with Crippen LogP contribution in [0.3, 0.4) is 0 Å². The maximum Gasteiger partial charge on any atom is 0.122 e. The summed E-state index contributed by atoms with van der Waals surface area (Å²) in [6.45, 7) is 2.94. The van der Waals surface area contributed by atoms with Crippen molar-refractivity contribution in [1.82, 2.24) is 4.90 Å². The van der Waals surface area contributed by atoms with Crippen molar-refractivity contribution in [2.75, 3.05) is 20.8 Å². The van der Waals surface area contributed by atoms with Crippen LogP contribution in [0.2, 0.25) is 0 Å². The quantitative estimate of drug-likeness (QED) is 0.471. The predicted octanol–water partition coefficient (Wildman–Crippen LogP) is 5.81. The summed E-state index contributed by atoms with van der Waals surface area (Å²) in [5, 5.41) is 0. The Hall–Kier alpha value is -2.30. The molecule has 0 amide bonds. The van der Waals surface area contributed by atoms with Crippen LogP contribution in [0, 0.1) is 0 Å². The van der Waals surface area contributed by atoms with Crippen LogP contribution in [0.1, 0.15) is 28.2 Å². The van der Waals surface area contributed by atoms with Gasteiger partial charge in [-0.1, -0.05) is 52.3 Å². The van der Waals surface area contributed by atoms with Gasteiger partial charge < -0.3 is 9.47 Å². The molecule has 1 atom stereocenters. The van der Waals surface area contributed by atoms with Crippen molar-refractivity contribution in [3.05, 3.63) is 93.5 Å². The summed E-state index contributed by atoms with van der Waals surface area (Å²) < 4.78 is 12.0. The number of fused-ring (bicyclic) bond motifs is 1. The van der Waals surface area contributed by atoms with Crippen LogP contribution >= 0.6 is 15.9 Å². The maximum atomic E-state index is 5.63. The molecule has 0 saturated heterocycles. The summed E-state index contributed by atoms with van der Waals surface area (Å²) in [4.78, 5) is 2.54. The van der Waals surface area contributed by atoms with E-state index in [2.05, 4.69) is 63.3 Å². The zero-order valence-corrected chi connectivity index (χ0v) is 18.5. The molecule has 150 valence electrons. The van der Waals surface area contributed by atoms with Gasteiger partial charge in [-0.25, -0.2) is 0 Å². The van der Waals surface area contributed by atoms with Crippen molar-refractivity contribution in [2.24, 2.45) is 0 Å². The molecular weight excluding hydrogens is 426 g/mol. The molecule has 0 N–H and O–H groups in total. The van der Waals surface area contributed by atoms with Crippen LogP contribution in [-0.4, -0.2) is 25.7 Å². The Morgan fingerprint density at radius 3 is 2.52 bits per heavy atom. The van der Waals surface area contributed by atoms with Crippen LogP contribution in [-0.2, 0) is 19.5 Å². The van der Waals surface area contributed by atoms with E-state index in [1.165, 1.54) is 22.3 Å². The number of hydrogen-bond acceptors (Lipinski definition) is 3. The average molecular weight is 452 g/mol. The molecule has 1 aliphatic rings. The van der Waals surface area contributed by atoms with E-state index in [0.29, 0.717) is 5.92 Å². The molecule has 3 nitrogen and oxygen atoms in total. The molecule has 4 rings (SSSR count). The molecule has 29 heavy (non-hydrogen) atoms. The first kappa shape index (κ1) is 20.0. The van der Waals surface area contributed by atoms with Gasteiger partial charge in [0.05, 0.1) is 14.2 Å². The Balaban J connectivity index is 1.58. The lowest BCUT2D eigenvalue weighted by atomic mass is 9.85. The van der Waals surface area contributed by atoms with Crippen molar-refractivity contribution in [2.45, 2.75) is 25.4 Å². The number of methoxy groups -OCH3 is 2. The van der Waals surface area contributed by atoms with E-state index in [1.54, 1.807) is 14.2 Å². The topological polar surface area (TPSA) is 21.7 Å². The second-order valence-corrected chi connectivity index (χ2v) is 8.49. The van der Waals surface area contributed by atoms with Crippen molar-refractivity contribution in [3.63, 3.8) is 0 Å². The molecule has 1 unspecified atom stereocenters. The summed E-state index contributed by atoms with van der Waals surface area (Å²) >= 11 is 3.61. The van der Waals surface area contributed by atoms with Crippen LogP contribution < -0.4 is 9.47 Å². The second-order valence-electron chi connectivity index (χ2n) is 7.57. The van der Waals surface area contributed by atoms with E-state index >= 15 is 0 Å². The smallest absolute Gasteiger partial charge is 0.122 e.